The molecular weight excluding hydrogens is 332 g/mol. The average Bonchev–Trinajstić information content (AvgIpc) is 2.66. The van der Waals surface area contributed by atoms with Gasteiger partial charge in [-0.25, -0.2) is 4.98 Å². The Bertz CT molecular complexity index is 1040. The van der Waals surface area contributed by atoms with Gasteiger partial charge in [0.1, 0.15) is 6.04 Å². The first-order valence-electron chi connectivity index (χ1n) is 8.47. The normalized spacial score (nSPS) is 12.0. The average molecular weight is 352 g/mol. The monoisotopic (exact) mass is 352 g/mol. The molecule has 26 heavy (non-hydrogen) atoms. The summed E-state index contributed by atoms with van der Waals surface area (Å²) >= 11 is 0. The van der Waals surface area contributed by atoms with Crippen LogP contribution in [-0.4, -0.2) is 26.6 Å². The van der Waals surface area contributed by atoms with Crippen molar-refractivity contribution in [2.24, 2.45) is 0 Å². The molecule has 3 aromatic rings. The molecule has 3 rings (SSSR count). The molecule has 1 aromatic carbocycles. The summed E-state index contributed by atoms with van der Waals surface area (Å²) in [6.07, 6.45) is 3.73. The summed E-state index contributed by atoms with van der Waals surface area (Å²) in [7, 11) is 0. The van der Waals surface area contributed by atoms with E-state index in [1.54, 1.807) is 48.0 Å². The minimum Gasteiger partial charge on any atom is -0.354 e. The van der Waals surface area contributed by atoms with E-state index in [1.807, 2.05) is 6.07 Å². The number of hydrogen-bond acceptors (Lipinski definition) is 4. The zero-order valence-electron chi connectivity index (χ0n) is 14.5. The van der Waals surface area contributed by atoms with Gasteiger partial charge in [0.05, 0.1) is 17.2 Å². The highest BCUT2D eigenvalue weighted by Gasteiger charge is 2.17. The Kier molecular flexibility index (Phi) is 5.26. The number of fused-ring (bicyclic) bond motifs is 1. The van der Waals surface area contributed by atoms with Crippen LogP contribution in [0.3, 0.4) is 0 Å². The molecule has 0 saturated carbocycles. The number of benzene rings is 1. The van der Waals surface area contributed by atoms with Crippen LogP contribution in [0.2, 0.25) is 0 Å². The Morgan fingerprint density at radius 1 is 1.15 bits per heavy atom. The first kappa shape index (κ1) is 17.6. The second-order valence-electron chi connectivity index (χ2n) is 6.03. The van der Waals surface area contributed by atoms with E-state index >= 15 is 0 Å². The Hall–Kier alpha value is -3.22. The maximum Gasteiger partial charge on any atom is 0.261 e. The van der Waals surface area contributed by atoms with Gasteiger partial charge in [0.2, 0.25) is 11.5 Å². The third-order valence-electron chi connectivity index (χ3n) is 4.26. The number of carbonyl (C=O) groups is 1. The van der Waals surface area contributed by atoms with Gasteiger partial charge in [-0.15, -0.1) is 0 Å². The predicted octanol–water partition coefficient (Wildman–Crippen LogP) is 1.33. The minimum atomic E-state index is -0.668. The molecule has 0 aliphatic heterocycles. The van der Waals surface area contributed by atoms with E-state index in [0.717, 1.165) is 0 Å². The second-order valence-corrected chi connectivity index (χ2v) is 6.03. The Labute approximate surface area is 149 Å². The third-order valence-corrected chi connectivity index (χ3v) is 4.26. The number of hydrogen-bond donors (Lipinski definition) is 1. The van der Waals surface area contributed by atoms with Crippen LogP contribution in [0.15, 0.2) is 64.6 Å². The predicted molar refractivity (Wildman–Crippen MR) is 99.0 cm³/mol. The SMILES string of the molecule is CC(C(=O)NCCCn1ccccc1=O)n1cnc2ccccc2c1=O. The molecule has 7 heteroatoms. The van der Waals surface area contributed by atoms with E-state index in [1.165, 1.54) is 17.0 Å². The lowest BCUT2D eigenvalue weighted by atomic mass is 10.2. The number of nitrogens with zero attached hydrogens (tertiary/aromatic N) is 3. The third kappa shape index (κ3) is 3.72. The fourth-order valence-corrected chi connectivity index (χ4v) is 2.74. The van der Waals surface area contributed by atoms with Crippen molar-refractivity contribution in [1.29, 1.82) is 0 Å². The van der Waals surface area contributed by atoms with Gasteiger partial charge in [0.15, 0.2) is 0 Å². The van der Waals surface area contributed by atoms with Gasteiger partial charge >= 0.3 is 0 Å². The molecule has 2 aromatic heterocycles. The van der Waals surface area contributed by atoms with E-state index in [4.69, 9.17) is 0 Å². The zero-order chi connectivity index (χ0) is 18.5. The molecule has 1 atom stereocenters. The van der Waals surface area contributed by atoms with Crippen LogP contribution in [0.1, 0.15) is 19.4 Å². The lowest BCUT2D eigenvalue weighted by Crippen LogP contribution is -2.36. The number of aromatic nitrogens is 3. The molecule has 1 N–H and O–H groups in total. The van der Waals surface area contributed by atoms with Gasteiger partial charge in [-0.1, -0.05) is 18.2 Å². The van der Waals surface area contributed by atoms with Gasteiger partial charge in [-0.3, -0.25) is 19.0 Å². The highest BCUT2D eigenvalue weighted by molar-refractivity contribution is 5.81. The minimum absolute atomic E-state index is 0.0685. The standard InChI is InChI=1S/C19H20N4O3/c1-14(23-13-21-16-8-3-2-7-15(16)19(23)26)18(25)20-10-6-12-22-11-5-4-9-17(22)24/h2-5,7-9,11,13-14H,6,10,12H2,1H3,(H,20,25). The van der Waals surface area contributed by atoms with Crippen LogP contribution in [0, 0.1) is 0 Å². The molecule has 0 bridgehead atoms. The first-order chi connectivity index (χ1) is 12.6. The summed E-state index contributed by atoms with van der Waals surface area (Å²) in [5, 5.41) is 3.29. The van der Waals surface area contributed by atoms with Crippen molar-refractivity contribution >= 4 is 16.8 Å². The molecular formula is C19H20N4O3. The molecule has 1 unspecified atom stereocenters. The quantitative estimate of drug-likeness (QED) is 0.678. The number of rotatable bonds is 6. The Morgan fingerprint density at radius 3 is 2.73 bits per heavy atom. The first-order valence-corrected chi connectivity index (χ1v) is 8.47. The van der Waals surface area contributed by atoms with Crippen molar-refractivity contribution in [3.05, 3.63) is 75.7 Å². The number of amides is 1. The number of pyridine rings is 1. The van der Waals surface area contributed by atoms with Crippen molar-refractivity contribution in [3.8, 4) is 0 Å². The smallest absolute Gasteiger partial charge is 0.261 e. The van der Waals surface area contributed by atoms with E-state index in [9.17, 15) is 14.4 Å². The molecule has 134 valence electrons. The van der Waals surface area contributed by atoms with Gasteiger partial charge in [-0.05, 0) is 31.5 Å². The number of nitrogens with one attached hydrogen (secondary N) is 1. The Balaban J connectivity index is 1.61. The maximum atomic E-state index is 12.5. The molecule has 0 fully saturated rings. The largest absolute Gasteiger partial charge is 0.354 e. The molecule has 0 aliphatic rings. The van der Waals surface area contributed by atoms with E-state index < -0.39 is 6.04 Å². The second kappa shape index (κ2) is 7.77. The number of carbonyl (C=O) groups excluding carboxylic acids is 1. The van der Waals surface area contributed by atoms with E-state index in [-0.39, 0.29) is 17.0 Å². The van der Waals surface area contributed by atoms with Gasteiger partial charge in [-0.2, -0.15) is 0 Å². The van der Waals surface area contributed by atoms with Crippen molar-refractivity contribution in [2.75, 3.05) is 6.54 Å². The molecule has 7 nitrogen and oxygen atoms in total. The highest BCUT2D eigenvalue weighted by Crippen LogP contribution is 2.08. The van der Waals surface area contributed by atoms with Crippen molar-refractivity contribution < 1.29 is 4.79 Å². The summed E-state index contributed by atoms with van der Waals surface area (Å²) < 4.78 is 2.92. The molecule has 0 radical (unpaired) electrons. The van der Waals surface area contributed by atoms with Crippen LogP contribution in [0.4, 0.5) is 0 Å². The fraction of sp³-hybridized carbons (Fsp3) is 0.263. The fourth-order valence-electron chi connectivity index (χ4n) is 2.74. The molecule has 0 aliphatic carbocycles. The lowest BCUT2D eigenvalue weighted by molar-refractivity contribution is -0.123. The van der Waals surface area contributed by atoms with Crippen molar-refractivity contribution in [2.45, 2.75) is 25.9 Å². The summed E-state index contributed by atoms with van der Waals surface area (Å²) in [6, 6.07) is 11.4. The zero-order valence-corrected chi connectivity index (χ0v) is 14.5. The van der Waals surface area contributed by atoms with Crippen LogP contribution in [-0.2, 0) is 11.3 Å². The summed E-state index contributed by atoms with van der Waals surface area (Å²) in [4.78, 5) is 40.7. The summed E-state index contributed by atoms with van der Waals surface area (Å²) in [5.41, 5.74) is 0.296. The van der Waals surface area contributed by atoms with Gasteiger partial charge in [0, 0.05) is 25.4 Å². The van der Waals surface area contributed by atoms with Crippen molar-refractivity contribution in [1.82, 2.24) is 19.4 Å². The van der Waals surface area contributed by atoms with E-state index in [2.05, 4.69) is 10.3 Å². The van der Waals surface area contributed by atoms with E-state index in [0.29, 0.717) is 30.4 Å². The van der Waals surface area contributed by atoms with Crippen LogP contribution >= 0.6 is 0 Å². The maximum absolute atomic E-state index is 12.5. The lowest BCUT2D eigenvalue weighted by Gasteiger charge is -2.15. The van der Waals surface area contributed by atoms with Crippen LogP contribution < -0.4 is 16.4 Å². The van der Waals surface area contributed by atoms with Gasteiger partial charge in [0.25, 0.3) is 5.56 Å². The van der Waals surface area contributed by atoms with Crippen LogP contribution in [0.5, 0.6) is 0 Å². The Morgan fingerprint density at radius 2 is 1.92 bits per heavy atom. The molecule has 0 spiro atoms. The highest BCUT2D eigenvalue weighted by atomic mass is 16.2. The summed E-state index contributed by atoms with van der Waals surface area (Å²) in [5.74, 6) is -0.260. The molecule has 2 heterocycles. The molecule has 0 saturated heterocycles. The molecule has 1 amide bonds. The van der Waals surface area contributed by atoms with Gasteiger partial charge < -0.3 is 9.88 Å². The topological polar surface area (TPSA) is 86.0 Å². The number of para-hydroxylation sites is 1. The van der Waals surface area contributed by atoms with Crippen LogP contribution in [0.25, 0.3) is 10.9 Å². The summed E-state index contributed by atoms with van der Waals surface area (Å²) in [6.45, 7) is 2.60. The number of aryl methyl sites for hydroxylation is 1. The van der Waals surface area contributed by atoms with Crippen molar-refractivity contribution in [3.63, 3.8) is 0 Å².